The van der Waals surface area contributed by atoms with Gasteiger partial charge in [-0.25, -0.2) is 15.0 Å². The van der Waals surface area contributed by atoms with Crippen molar-refractivity contribution in [3.8, 4) is 0 Å². The van der Waals surface area contributed by atoms with Crippen molar-refractivity contribution in [3.63, 3.8) is 0 Å². The summed E-state index contributed by atoms with van der Waals surface area (Å²) in [6.07, 6.45) is 5.44. The first-order chi connectivity index (χ1) is 9.40. The fraction of sp³-hybridized carbons (Fsp3) is 0.538. The largest absolute Gasteiger partial charge is 0.460 e. The minimum absolute atomic E-state index is 0.224. The van der Waals surface area contributed by atoms with Crippen LogP contribution in [0.1, 0.15) is 27.2 Å². The number of carbonyl (C=O) groups is 1. The normalized spacial score (nSPS) is 11.8. The maximum atomic E-state index is 11.7. The van der Waals surface area contributed by atoms with Crippen LogP contribution in [0.2, 0.25) is 0 Å². The van der Waals surface area contributed by atoms with E-state index >= 15 is 0 Å². The molecular formula is C13H18N4O2S. The Balaban J connectivity index is 2.09. The van der Waals surface area contributed by atoms with Crippen LogP contribution in [0.3, 0.4) is 0 Å². The lowest BCUT2D eigenvalue weighted by Crippen LogP contribution is -2.24. The van der Waals surface area contributed by atoms with Crippen molar-refractivity contribution in [3.05, 3.63) is 12.7 Å². The van der Waals surface area contributed by atoms with E-state index in [0.29, 0.717) is 13.0 Å². The number of imidazole rings is 1. The molecule has 0 radical (unpaired) electrons. The van der Waals surface area contributed by atoms with E-state index in [4.69, 9.17) is 4.74 Å². The number of thioether (sulfide) groups is 1. The fourth-order valence-electron chi connectivity index (χ4n) is 1.78. The fourth-order valence-corrected chi connectivity index (χ4v) is 2.27. The van der Waals surface area contributed by atoms with Gasteiger partial charge in [-0.2, -0.15) is 0 Å². The van der Waals surface area contributed by atoms with E-state index in [2.05, 4.69) is 15.0 Å². The molecule has 0 bridgehead atoms. The van der Waals surface area contributed by atoms with Gasteiger partial charge in [-0.05, 0) is 27.0 Å². The number of hydrogen-bond donors (Lipinski definition) is 0. The molecule has 20 heavy (non-hydrogen) atoms. The summed E-state index contributed by atoms with van der Waals surface area (Å²) < 4.78 is 7.13. The molecule has 0 atom stereocenters. The second-order valence-corrected chi connectivity index (χ2v) is 6.12. The average Bonchev–Trinajstić information content (AvgIpc) is 2.77. The van der Waals surface area contributed by atoms with Crippen LogP contribution < -0.4 is 0 Å². The number of hydrogen-bond acceptors (Lipinski definition) is 6. The number of nitrogens with zero attached hydrogens (tertiary/aromatic N) is 4. The topological polar surface area (TPSA) is 69.9 Å². The number of aromatic nitrogens is 4. The first kappa shape index (κ1) is 14.8. The molecule has 0 aromatic carbocycles. The Kier molecular flexibility index (Phi) is 4.27. The van der Waals surface area contributed by atoms with Gasteiger partial charge < -0.3 is 9.30 Å². The molecule has 0 fully saturated rings. The lowest BCUT2D eigenvalue weighted by atomic mass is 10.2. The Morgan fingerprint density at radius 1 is 1.35 bits per heavy atom. The van der Waals surface area contributed by atoms with E-state index in [1.54, 1.807) is 6.33 Å². The summed E-state index contributed by atoms with van der Waals surface area (Å²) in [4.78, 5) is 24.4. The van der Waals surface area contributed by atoms with Crippen molar-refractivity contribution in [1.29, 1.82) is 0 Å². The molecule has 108 valence electrons. The van der Waals surface area contributed by atoms with Gasteiger partial charge in [0.2, 0.25) is 0 Å². The number of esters is 1. The third kappa shape index (κ3) is 3.47. The Morgan fingerprint density at radius 2 is 2.10 bits per heavy atom. The van der Waals surface area contributed by atoms with Crippen LogP contribution >= 0.6 is 11.8 Å². The van der Waals surface area contributed by atoms with Crippen LogP contribution in [0.25, 0.3) is 11.2 Å². The monoisotopic (exact) mass is 294 g/mol. The molecule has 0 saturated heterocycles. The lowest BCUT2D eigenvalue weighted by Gasteiger charge is -2.19. The summed E-state index contributed by atoms with van der Waals surface area (Å²) in [5.41, 5.74) is 1.06. The molecule has 7 heteroatoms. The molecule has 2 rings (SSSR count). The number of carbonyl (C=O) groups excluding carboxylic acids is 1. The van der Waals surface area contributed by atoms with Crippen molar-refractivity contribution in [2.24, 2.45) is 0 Å². The van der Waals surface area contributed by atoms with E-state index in [0.717, 1.165) is 16.2 Å². The molecular weight excluding hydrogens is 276 g/mol. The maximum Gasteiger partial charge on any atom is 0.308 e. The molecule has 0 aliphatic heterocycles. The van der Waals surface area contributed by atoms with Crippen molar-refractivity contribution in [2.45, 2.75) is 44.4 Å². The van der Waals surface area contributed by atoms with Gasteiger partial charge in [0.15, 0.2) is 5.65 Å². The predicted molar refractivity (Wildman–Crippen MR) is 77.6 cm³/mol. The summed E-state index contributed by atoms with van der Waals surface area (Å²) >= 11 is 1.53. The van der Waals surface area contributed by atoms with Crippen molar-refractivity contribution < 1.29 is 9.53 Å². The summed E-state index contributed by atoms with van der Waals surface area (Å²) in [5.74, 6) is -0.224. The molecule has 2 heterocycles. The predicted octanol–water partition coefficient (Wildman–Crippen LogP) is 2.28. The van der Waals surface area contributed by atoms with Crippen LogP contribution in [0.4, 0.5) is 0 Å². The van der Waals surface area contributed by atoms with Crippen LogP contribution in [-0.2, 0) is 16.1 Å². The molecule has 0 aliphatic carbocycles. The van der Waals surface area contributed by atoms with Crippen LogP contribution in [-0.4, -0.2) is 37.3 Å². The second kappa shape index (κ2) is 5.78. The number of rotatable bonds is 4. The highest BCUT2D eigenvalue weighted by molar-refractivity contribution is 7.98. The van der Waals surface area contributed by atoms with E-state index < -0.39 is 5.60 Å². The highest BCUT2D eigenvalue weighted by Crippen LogP contribution is 2.21. The zero-order valence-electron chi connectivity index (χ0n) is 12.1. The Hall–Kier alpha value is -1.63. The molecule has 0 amide bonds. The molecule has 0 spiro atoms. The zero-order chi connectivity index (χ0) is 14.8. The smallest absolute Gasteiger partial charge is 0.308 e. The van der Waals surface area contributed by atoms with Crippen molar-refractivity contribution >= 4 is 28.9 Å². The SMILES string of the molecule is CSc1ncnc2c1ncn2CCC(=O)OC(C)(C)C. The van der Waals surface area contributed by atoms with E-state index in [1.807, 2.05) is 31.6 Å². The third-order valence-electron chi connectivity index (χ3n) is 2.54. The Labute approximate surface area is 122 Å². The minimum atomic E-state index is -0.456. The molecule has 0 saturated carbocycles. The Bertz CT molecular complexity index is 618. The van der Waals surface area contributed by atoms with Crippen LogP contribution in [0, 0.1) is 0 Å². The molecule has 0 unspecified atom stereocenters. The summed E-state index contributed by atoms with van der Waals surface area (Å²) in [6, 6.07) is 0. The quantitative estimate of drug-likeness (QED) is 0.489. The molecule has 2 aromatic rings. The average molecular weight is 294 g/mol. The maximum absolute atomic E-state index is 11.7. The van der Waals surface area contributed by atoms with Gasteiger partial charge in [-0.15, -0.1) is 11.8 Å². The Morgan fingerprint density at radius 3 is 2.75 bits per heavy atom. The first-order valence-corrected chi connectivity index (χ1v) is 7.55. The number of aryl methyl sites for hydroxylation is 1. The lowest BCUT2D eigenvalue weighted by molar-refractivity contribution is -0.155. The van der Waals surface area contributed by atoms with Gasteiger partial charge >= 0.3 is 5.97 Å². The highest BCUT2D eigenvalue weighted by Gasteiger charge is 2.17. The summed E-state index contributed by atoms with van der Waals surface area (Å²) in [7, 11) is 0. The number of fused-ring (bicyclic) bond motifs is 1. The highest BCUT2D eigenvalue weighted by atomic mass is 32.2. The molecule has 6 nitrogen and oxygen atoms in total. The van der Waals surface area contributed by atoms with Crippen LogP contribution in [0.5, 0.6) is 0 Å². The molecule has 0 N–H and O–H groups in total. The standard InChI is InChI=1S/C13H18N4O2S/c1-13(2,3)19-9(18)5-6-17-8-16-10-11(17)14-7-15-12(10)20-4/h7-8H,5-6H2,1-4H3. The van der Waals surface area contributed by atoms with Crippen molar-refractivity contribution in [2.75, 3.05) is 6.26 Å². The van der Waals surface area contributed by atoms with Gasteiger partial charge in [-0.1, -0.05) is 0 Å². The van der Waals surface area contributed by atoms with Gasteiger partial charge in [0.05, 0.1) is 12.7 Å². The van der Waals surface area contributed by atoms with E-state index in [9.17, 15) is 4.79 Å². The van der Waals surface area contributed by atoms with Gasteiger partial charge in [0.25, 0.3) is 0 Å². The van der Waals surface area contributed by atoms with Gasteiger partial charge in [-0.3, -0.25) is 4.79 Å². The van der Waals surface area contributed by atoms with E-state index in [-0.39, 0.29) is 5.97 Å². The van der Waals surface area contributed by atoms with Gasteiger partial charge in [0, 0.05) is 6.54 Å². The first-order valence-electron chi connectivity index (χ1n) is 6.32. The van der Waals surface area contributed by atoms with E-state index in [1.165, 1.54) is 18.1 Å². The van der Waals surface area contributed by atoms with Crippen molar-refractivity contribution in [1.82, 2.24) is 19.5 Å². The van der Waals surface area contributed by atoms with Gasteiger partial charge in [0.1, 0.15) is 22.5 Å². The zero-order valence-corrected chi connectivity index (χ0v) is 12.9. The molecule has 2 aromatic heterocycles. The van der Waals surface area contributed by atoms with Crippen LogP contribution in [0.15, 0.2) is 17.7 Å². The summed E-state index contributed by atoms with van der Waals surface area (Å²) in [6.45, 7) is 6.07. The number of ether oxygens (including phenoxy) is 1. The minimum Gasteiger partial charge on any atom is -0.460 e. The third-order valence-corrected chi connectivity index (χ3v) is 3.22. The molecule has 0 aliphatic rings. The summed E-state index contributed by atoms with van der Waals surface area (Å²) in [5, 5.41) is 0.839. The second-order valence-electron chi connectivity index (χ2n) is 5.33.